The molecule has 2 aromatic rings. The van der Waals surface area contributed by atoms with Crippen LogP contribution in [-0.2, 0) is 16.0 Å². The third-order valence-electron chi connectivity index (χ3n) is 3.99. The Hall–Kier alpha value is -2.53. The largest absolute Gasteiger partial charge is 0.399 e. The Morgan fingerprint density at radius 1 is 1.00 bits per heavy atom. The molecule has 0 heterocycles. The van der Waals surface area contributed by atoms with E-state index in [1.165, 1.54) is 0 Å². The third-order valence-corrected chi connectivity index (χ3v) is 3.99. The Balaban J connectivity index is 0.00000364. The first kappa shape index (κ1) is 22.5. The fourth-order valence-corrected chi connectivity index (χ4v) is 2.65. The van der Waals surface area contributed by atoms with Crippen LogP contribution in [0.2, 0.25) is 0 Å². The lowest BCUT2D eigenvalue weighted by molar-refractivity contribution is -0.129. The van der Waals surface area contributed by atoms with E-state index in [1.807, 2.05) is 68.4 Å². The minimum absolute atomic E-state index is 0. The molecule has 2 aromatic carbocycles. The molecule has 0 aliphatic carbocycles. The summed E-state index contributed by atoms with van der Waals surface area (Å²) in [5, 5.41) is 5.77. The molecule has 0 fully saturated rings. The lowest BCUT2D eigenvalue weighted by Crippen LogP contribution is -2.41. The van der Waals surface area contributed by atoms with Crippen LogP contribution < -0.4 is 16.4 Å². The molecule has 4 N–H and O–H groups in total. The number of carbonyl (C=O) groups excluding carboxylic acids is 2. The van der Waals surface area contributed by atoms with Crippen molar-refractivity contribution in [2.75, 3.05) is 12.3 Å². The van der Waals surface area contributed by atoms with E-state index in [-0.39, 0.29) is 30.1 Å². The molecule has 0 spiro atoms. The van der Waals surface area contributed by atoms with Crippen molar-refractivity contribution in [3.63, 3.8) is 0 Å². The predicted molar refractivity (Wildman–Crippen MR) is 112 cm³/mol. The van der Waals surface area contributed by atoms with Crippen molar-refractivity contribution in [2.24, 2.45) is 5.92 Å². The van der Waals surface area contributed by atoms with Crippen LogP contribution in [0, 0.1) is 5.92 Å². The van der Waals surface area contributed by atoms with Crippen molar-refractivity contribution in [3.05, 3.63) is 65.7 Å². The lowest BCUT2D eigenvalue weighted by atomic mass is 10.0. The Labute approximate surface area is 167 Å². The van der Waals surface area contributed by atoms with Crippen LogP contribution in [0.15, 0.2) is 54.6 Å². The molecule has 0 aliphatic heterocycles. The van der Waals surface area contributed by atoms with Crippen LogP contribution in [0.3, 0.4) is 0 Å². The zero-order chi connectivity index (χ0) is 18.9. The van der Waals surface area contributed by atoms with Gasteiger partial charge >= 0.3 is 0 Å². The monoisotopic (exact) mass is 389 g/mol. The Morgan fingerprint density at radius 2 is 1.63 bits per heavy atom. The van der Waals surface area contributed by atoms with E-state index in [2.05, 4.69) is 10.6 Å². The molecular formula is C21H28ClN3O2. The second-order valence-corrected chi connectivity index (χ2v) is 6.79. The van der Waals surface area contributed by atoms with E-state index in [1.54, 1.807) is 0 Å². The molecule has 146 valence electrons. The van der Waals surface area contributed by atoms with Crippen molar-refractivity contribution < 1.29 is 9.59 Å². The highest BCUT2D eigenvalue weighted by molar-refractivity contribution is 5.88. The molecule has 0 saturated heterocycles. The van der Waals surface area contributed by atoms with Crippen LogP contribution in [0.5, 0.6) is 0 Å². The molecule has 0 bridgehead atoms. The highest BCUT2D eigenvalue weighted by atomic mass is 35.5. The SMILES string of the molecule is CC(C)CC(=O)NC(C(=O)NCCc1ccc(N)cc1)c1ccccc1.Cl. The maximum Gasteiger partial charge on any atom is 0.247 e. The second-order valence-electron chi connectivity index (χ2n) is 6.79. The molecule has 0 saturated carbocycles. The first-order valence-corrected chi connectivity index (χ1v) is 8.92. The molecule has 0 aromatic heterocycles. The van der Waals surface area contributed by atoms with E-state index in [0.29, 0.717) is 19.4 Å². The second kappa shape index (κ2) is 11.2. The summed E-state index contributed by atoms with van der Waals surface area (Å²) in [6, 6.07) is 16.2. The number of hydrogen-bond acceptors (Lipinski definition) is 3. The summed E-state index contributed by atoms with van der Waals surface area (Å²) in [7, 11) is 0. The number of carbonyl (C=O) groups is 2. The molecule has 27 heavy (non-hydrogen) atoms. The van der Waals surface area contributed by atoms with Gasteiger partial charge in [0.1, 0.15) is 6.04 Å². The van der Waals surface area contributed by atoms with Gasteiger partial charge in [-0.15, -0.1) is 12.4 Å². The van der Waals surface area contributed by atoms with Gasteiger partial charge in [-0.25, -0.2) is 0 Å². The van der Waals surface area contributed by atoms with Gasteiger partial charge in [0.25, 0.3) is 0 Å². The average Bonchev–Trinajstić information content (AvgIpc) is 2.61. The average molecular weight is 390 g/mol. The number of hydrogen-bond donors (Lipinski definition) is 3. The maximum absolute atomic E-state index is 12.7. The molecular weight excluding hydrogens is 362 g/mol. The van der Waals surface area contributed by atoms with Crippen LogP contribution >= 0.6 is 12.4 Å². The van der Waals surface area contributed by atoms with Gasteiger partial charge in [0, 0.05) is 18.7 Å². The molecule has 1 atom stereocenters. The van der Waals surface area contributed by atoms with Crippen molar-refractivity contribution in [1.82, 2.24) is 10.6 Å². The van der Waals surface area contributed by atoms with Gasteiger partial charge in [0.2, 0.25) is 11.8 Å². The van der Waals surface area contributed by atoms with Gasteiger partial charge in [0.05, 0.1) is 0 Å². The minimum atomic E-state index is -0.686. The van der Waals surface area contributed by atoms with Gasteiger partial charge in [-0.05, 0) is 35.6 Å². The zero-order valence-electron chi connectivity index (χ0n) is 15.8. The van der Waals surface area contributed by atoms with E-state index in [9.17, 15) is 9.59 Å². The van der Waals surface area contributed by atoms with Crippen molar-refractivity contribution in [3.8, 4) is 0 Å². The summed E-state index contributed by atoms with van der Waals surface area (Å²) in [6.45, 7) is 4.44. The lowest BCUT2D eigenvalue weighted by Gasteiger charge is -2.19. The van der Waals surface area contributed by atoms with Gasteiger partial charge in [-0.1, -0.05) is 56.3 Å². The quantitative estimate of drug-likeness (QED) is 0.606. The first-order valence-electron chi connectivity index (χ1n) is 8.92. The molecule has 0 radical (unpaired) electrons. The first-order chi connectivity index (χ1) is 12.5. The van der Waals surface area contributed by atoms with Gasteiger partial charge in [-0.2, -0.15) is 0 Å². The fraction of sp³-hybridized carbons (Fsp3) is 0.333. The molecule has 6 heteroatoms. The maximum atomic E-state index is 12.7. The van der Waals surface area contributed by atoms with E-state index < -0.39 is 6.04 Å². The Kier molecular flexibility index (Phi) is 9.37. The highest BCUT2D eigenvalue weighted by Gasteiger charge is 2.22. The number of benzene rings is 2. The summed E-state index contributed by atoms with van der Waals surface area (Å²) in [5.74, 6) is -0.0914. The van der Waals surface area contributed by atoms with Crippen molar-refractivity contribution in [1.29, 1.82) is 0 Å². The predicted octanol–water partition coefficient (Wildman–Crippen LogP) is 3.25. The Morgan fingerprint density at radius 3 is 2.22 bits per heavy atom. The number of anilines is 1. The molecule has 2 amide bonds. The van der Waals surface area contributed by atoms with Gasteiger partial charge < -0.3 is 16.4 Å². The van der Waals surface area contributed by atoms with E-state index >= 15 is 0 Å². The summed E-state index contributed by atoms with van der Waals surface area (Å²) in [4.78, 5) is 24.8. The van der Waals surface area contributed by atoms with E-state index in [4.69, 9.17) is 5.73 Å². The number of rotatable bonds is 8. The molecule has 2 rings (SSSR count). The summed E-state index contributed by atoms with van der Waals surface area (Å²) in [5.41, 5.74) is 8.27. The van der Waals surface area contributed by atoms with Crippen molar-refractivity contribution >= 4 is 29.9 Å². The molecule has 5 nitrogen and oxygen atoms in total. The highest BCUT2D eigenvalue weighted by Crippen LogP contribution is 2.14. The van der Waals surface area contributed by atoms with Crippen LogP contribution in [0.25, 0.3) is 0 Å². The summed E-state index contributed by atoms with van der Waals surface area (Å²) < 4.78 is 0. The summed E-state index contributed by atoms with van der Waals surface area (Å²) >= 11 is 0. The molecule has 1 unspecified atom stereocenters. The van der Waals surface area contributed by atoms with Crippen LogP contribution in [-0.4, -0.2) is 18.4 Å². The number of nitrogens with two attached hydrogens (primary N) is 1. The Bertz CT molecular complexity index is 718. The van der Waals surface area contributed by atoms with Gasteiger partial charge in [-0.3, -0.25) is 9.59 Å². The fourth-order valence-electron chi connectivity index (χ4n) is 2.65. The minimum Gasteiger partial charge on any atom is -0.399 e. The number of amides is 2. The number of nitrogens with one attached hydrogen (secondary N) is 2. The smallest absolute Gasteiger partial charge is 0.247 e. The van der Waals surface area contributed by atoms with E-state index in [0.717, 1.165) is 16.8 Å². The standard InChI is InChI=1S/C21H27N3O2.ClH/c1-15(2)14-19(25)24-20(17-6-4-3-5-7-17)21(26)23-13-12-16-8-10-18(22)11-9-16;/h3-11,15,20H,12-14,22H2,1-2H3,(H,23,26)(H,24,25);1H. The van der Waals surface area contributed by atoms with Crippen LogP contribution in [0.1, 0.15) is 37.4 Å². The number of halogens is 1. The summed E-state index contributed by atoms with van der Waals surface area (Å²) in [6.07, 6.45) is 1.09. The topological polar surface area (TPSA) is 84.2 Å². The normalized spacial score (nSPS) is 11.4. The third kappa shape index (κ3) is 7.71. The van der Waals surface area contributed by atoms with Gasteiger partial charge in [0.15, 0.2) is 0 Å². The molecule has 0 aliphatic rings. The zero-order valence-corrected chi connectivity index (χ0v) is 16.6. The van der Waals surface area contributed by atoms with Crippen LogP contribution in [0.4, 0.5) is 5.69 Å². The number of nitrogen functional groups attached to an aromatic ring is 1. The van der Waals surface area contributed by atoms with Crippen molar-refractivity contribution in [2.45, 2.75) is 32.7 Å².